The van der Waals surface area contributed by atoms with Crippen LogP contribution in [0.2, 0.25) is 0 Å². The minimum atomic E-state index is -0.906. The zero-order valence-corrected chi connectivity index (χ0v) is 16.4. The minimum Gasteiger partial charge on any atom is -0.469 e. The molecule has 5 nitrogen and oxygen atoms in total. The van der Waals surface area contributed by atoms with E-state index in [-0.39, 0.29) is 34.7 Å². The van der Waals surface area contributed by atoms with Crippen molar-refractivity contribution in [1.29, 1.82) is 0 Å². The van der Waals surface area contributed by atoms with E-state index >= 15 is 0 Å². The third kappa shape index (κ3) is 1.64. The Kier molecular flexibility index (Phi) is 3.13. The van der Waals surface area contributed by atoms with E-state index in [4.69, 9.17) is 9.47 Å². The standard InChI is InChI=1S/C21H32O5/c1-17-7-5-8-18(2,16(23)25-4)13(17)6-9-20-11-21(24,10-12(22)14(17)20)19(3)15(20)26-19/h12-15,22,24H,5-11H2,1-4H3/t12-,13-,14-,15-,17+,18+,19+,20+,21-/m0/s1. The fraction of sp³-hybridized carbons (Fsp3) is 0.952. The summed E-state index contributed by atoms with van der Waals surface area (Å²) in [6.07, 6.45) is 5.37. The Balaban J connectivity index is 1.60. The van der Waals surface area contributed by atoms with Crippen molar-refractivity contribution >= 4 is 5.97 Å². The third-order valence-electron chi connectivity index (χ3n) is 9.66. The van der Waals surface area contributed by atoms with Crippen molar-refractivity contribution in [3.8, 4) is 0 Å². The first-order valence-electron chi connectivity index (χ1n) is 10.2. The highest BCUT2D eigenvalue weighted by Gasteiger charge is 2.85. The Morgan fingerprint density at radius 3 is 2.62 bits per heavy atom. The van der Waals surface area contributed by atoms with Gasteiger partial charge in [0.25, 0.3) is 0 Å². The van der Waals surface area contributed by atoms with E-state index in [2.05, 4.69) is 13.8 Å². The summed E-state index contributed by atoms with van der Waals surface area (Å²) in [5.41, 5.74) is -2.16. The van der Waals surface area contributed by atoms with Gasteiger partial charge in [0.1, 0.15) is 5.60 Å². The largest absolute Gasteiger partial charge is 0.469 e. The molecule has 5 aliphatic rings. The first-order chi connectivity index (χ1) is 12.1. The number of hydrogen-bond donors (Lipinski definition) is 2. The van der Waals surface area contributed by atoms with Crippen molar-refractivity contribution in [1.82, 2.24) is 0 Å². The number of fused-ring (bicyclic) bond motifs is 5. The van der Waals surface area contributed by atoms with Crippen molar-refractivity contribution in [2.75, 3.05) is 7.11 Å². The zero-order chi connectivity index (χ0) is 18.8. The van der Waals surface area contributed by atoms with Gasteiger partial charge in [-0.2, -0.15) is 0 Å². The minimum absolute atomic E-state index is 0.0474. The Labute approximate surface area is 155 Å². The van der Waals surface area contributed by atoms with Crippen LogP contribution in [-0.2, 0) is 14.3 Å². The number of ether oxygens (including phenoxy) is 2. The Morgan fingerprint density at radius 1 is 1.19 bits per heavy atom. The van der Waals surface area contributed by atoms with Gasteiger partial charge in [0, 0.05) is 11.8 Å². The quantitative estimate of drug-likeness (QED) is 0.552. The number of rotatable bonds is 1. The van der Waals surface area contributed by atoms with E-state index in [1.165, 1.54) is 7.11 Å². The fourth-order valence-corrected chi connectivity index (χ4v) is 8.73. The molecule has 0 aromatic rings. The molecular formula is C21H32O5. The SMILES string of the molecule is COC(=O)[C@]1(C)CCC[C@@]2(C)[C@@H]3[C@@H](O)C[C@]4(O)C[C@@]3(CC[C@@H]21)[C@H]1O[C@]14C. The van der Waals surface area contributed by atoms with Gasteiger partial charge in [0.2, 0.25) is 0 Å². The van der Waals surface area contributed by atoms with Crippen molar-refractivity contribution in [2.24, 2.45) is 28.1 Å². The van der Waals surface area contributed by atoms with Gasteiger partial charge >= 0.3 is 5.97 Å². The zero-order valence-electron chi connectivity index (χ0n) is 16.4. The summed E-state index contributed by atoms with van der Waals surface area (Å²) in [7, 11) is 1.49. The lowest BCUT2D eigenvalue weighted by atomic mass is 9.40. The molecule has 2 bridgehead atoms. The van der Waals surface area contributed by atoms with E-state index in [9.17, 15) is 15.0 Å². The molecule has 9 atom stereocenters. The Hall–Kier alpha value is -0.650. The number of carbonyl (C=O) groups is 1. The molecular weight excluding hydrogens is 332 g/mol. The van der Waals surface area contributed by atoms with Gasteiger partial charge in [-0.3, -0.25) is 4.79 Å². The summed E-state index contributed by atoms with van der Waals surface area (Å²) in [5, 5.41) is 22.5. The van der Waals surface area contributed by atoms with Crippen LogP contribution in [0.5, 0.6) is 0 Å². The molecule has 5 rings (SSSR count). The van der Waals surface area contributed by atoms with Crippen molar-refractivity contribution in [3.05, 3.63) is 0 Å². The van der Waals surface area contributed by atoms with Crippen LogP contribution < -0.4 is 0 Å². The molecule has 2 N–H and O–H groups in total. The number of carbonyl (C=O) groups excluding carboxylic acids is 1. The van der Waals surface area contributed by atoms with Crippen molar-refractivity contribution in [2.45, 2.75) is 89.1 Å². The van der Waals surface area contributed by atoms with E-state index in [0.29, 0.717) is 6.42 Å². The monoisotopic (exact) mass is 364 g/mol. The number of esters is 1. The Morgan fingerprint density at radius 2 is 1.92 bits per heavy atom. The van der Waals surface area contributed by atoms with Crippen LogP contribution in [0.3, 0.4) is 0 Å². The van der Waals surface area contributed by atoms with Gasteiger partial charge in [-0.15, -0.1) is 0 Å². The van der Waals surface area contributed by atoms with Gasteiger partial charge in [-0.25, -0.2) is 0 Å². The summed E-state index contributed by atoms with van der Waals surface area (Å²) in [4.78, 5) is 12.7. The van der Waals surface area contributed by atoms with Crippen LogP contribution in [0, 0.1) is 28.1 Å². The summed E-state index contributed by atoms with van der Waals surface area (Å²) in [6.45, 7) is 6.38. The van der Waals surface area contributed by atoms with Gasteiger partial charge < -0.3 is 19.7 Å². The molecule has 0 aromatic carbocycles. The summed E-state index contributed by atoms with van der Waals surface area (Å²) >= 11 is 0. The molecule has 0 radical (unpaired) electrons. The van der Waals surface area contributed by atoms with Crippen molar-refractivity contribution < 1.29 is 24.5 Å². The van der Waals surface area contributed by atoms with Crippen molar-refractivity contribution in [3.63, 3.8) is 0 Å². The highest BCUT2D eigenvalue weighted by atomic mass is 16.6. The second-order valence-corrected chi connectivity index (χ2v) is 10.7. The highest BCUT2D eigenvalue weighted by Crippen LogP contribution is 2.79. The number of epoxide rings is 1. The van der Waals surface area contributed by atoms with Crippen LogP contribution >= 0.6 is 0 Å². The molecule has 4 aliphatic carbocycles. The maximum Gasteiger partial charge on any atom is 0.311 e. The highest BCUT2D eigenvalue weighted by molar-refractivity contribution is 5.77. The van der Waals surface area contributed by atoms with Gasteiger partial charge in [0.05, 0.1) is 30.3 Å². The molecule has 146 valence electrons. The van der Waals surface area contributed by atoms with Crippen LogP contribution in [-0.4, -0.2) is 46.7 Å². The lowest BCUT2D eigenvalue weighted by molar-refractivity contribution is -0.235. The van der Waals surface area contributed by atoms with Crippen LogP contribution in [0.4, 0.5) is 0 Å². The second-order valence-electron chi connectivity index (χ2n) is 10.7. The first-order valence-corrected chi connectivity index (χ1v) is 10.2. The molecule has 0 amide bonds. The molecule has 5 heteroatoms. The molecule has 0 aromatic heterocycles. The van der Waals surface area contributed by atoms with Gasteiger partial charge in [-0.1, -0.05) is 13.3 Å². The molecule has 5 fully saturated rings. The third-order valence-corrected chi connectivity index (χ3v) is 9.66. The maximum atomic E-state index is 12.7. The average Bonchev–Trinajstić information content (AvgIpc) is 3.24. The average molecular weight is 364 g/mol. The predicted molar refractivity (Wildman–Crippen MR) is 94.2 cm³/mol. The predicted octanol–water partition coefficient (Wildman–Crippen LogP) is 2.43. The number of aliphatic hydroxyl groups is 2. The summed E-state index contributed by atoms with van der Waals surface area (Å²) in [6, 6.07) is 0. The molecule has 26 heavy (non-hydrogen) atoms. The molecule has 0 unspecified atom stereocenters. The van der Waals surface area contributed by atoms with Gasteiger partial charge in [-0.05, 0) is 63.2 Å². The topological polar surface area (TPSA) is 79.3 Å². The molecule has 1 saturated heterocycles. The molecule has 4 saturated carbocycles. The number of methoxy groups -OCH3 is 1. The molecule has 1 spiro atoms. The van der Waals surface area contributed by atoms with Crippen LogP contribution in [0.1, 0.15) is 65.7 Å². The van der Waals surface area contributed by atoms with E-state index in [0.717, 1.165) is 38.5 Å². The summed E-state index contributed by atoms with van der Waals surface area (Å²) in [5.74, 6) is 0.177. The molecule has 1 heterocycles. The van der Waals surface area contributed by atoms with Crippen LogP contribution in [0.15, 0.2) is 0 Å². The fourth-order valence-electron chi connectivity index (χ4n) is 8.73. The number of hydrogen-bond acceptors (Lipinski definition) is 5. The lowest BCUT2D eigenvalue weighted by Gasteiger charge is -2.65. The summed E-state index contributed by atoms with van der Waals surface area (Å²) < 4.78 is 11.3. The smallest absolute Gasteiger partial charge is 0.311 e. The van der Waals surface area contributed by atoms with Crippen LogP contribution in [0.25, 0.3) is 0 Å². The van der Waals surface area contributed by atoms with Gasteiger partial charge in [0.15, 0.2) is 0 Å². The second kappa shape index (κ2) is 4.66. The first kappa shape index (κ1) is 17.4. The lowest BCUT2D eigenvalue weighted by Crippen LogP contribution is -2.65. The number of aliphatic hydroxyl groups excluding tert-OH is 1. The van der Waals surface area contributed by atoms with E-state index < -0.39 is 22.7 Å². The molecule has 1 aliphatic heterocycles. The maximum absolute atomic E-state index is 12.7. The van der Waals surface area contributed by atoms with E-state index in [1.807, 2.05) is 6.92 Å². The normalized spacial score (nSPS) is 62.7. The van der Waals surface area contributed by atoms with E-state index in [1.54, 1.807) is 0 Å². The Bertz CT molecular complexity index is 679.